The third-order valence-electron chi connectivity index (χ3n) is 5.77. The Morgan fingerprint density at radius 2 is 2.07 bits per heavy atom. The number of hydrogen-bond acceptors (Lipinski definition) is 7. The van der Waals surface area contributed by atoms with Crippen molar-refractivity contribution in [2.45, 2.75) is 31.9 Å². The standard InChI is InChI=1S/C20H28N6O4/c1-14(27)22-12-16-13-26(20(29)30-16)15-4-5-18(23-11-15)24-7-9-25(10-8-24)19(28)17-3-2-6-21-17/h4-5,11,16-17,21H,2-3,6-10,12-13H2,1H3,(H,22,27)/t16-,17?/m0/s1. The van der Waals surface area contributed by atoms with Crippen molar-refractivity contribution in [3.05, 3.63) is 18.3 Å². The Balaban J connectivity index is 1.30. The molecule has 3 aliphatic heterocycles. The summed E-state index contributed by atoms with van der Waals surface area (Å²) in [5, 5.41) is 5.93. The molecule has 0 radical (unpaired) electrons. The Hall–Kier alpha value is -2.88. The lowest BCUT2D eigenvalue weighted by atomic mass is 10.2. The van der Waals surface area contributed by atoms with Crippen LogP contribution in [0.15, 0.2) is 18.3 Å². The van der Waals surface area contributed by atoms with Crippen LogP contribution in [-0.2, 0) is 14.3 Å². The maximum absolute atomic E-state index is 12.5. The topological polar surface area (TPSA) is 107 Å². The van der Waals surface area contributed by atoms with Crippen LogP contribution in [0.25, 0.3) is 0 Å². The zero-order valence-electron chi connectivity index (χ0n) is 17.2. The van der Waals surface area contributed by atoms with E-state index >= 15 is 0 Å². The van der Waals surface area contributed by atoms with Gasteiger partial charge in [0.25, 0.3) is 0 Å². The Kier molecular flexibility index (Phi) is 6.03. The van der Waals surface area contributed by atoms with Crippen LogP contribution in [0, 0.1) is 0 Å². The maximum atomic E-state index is 12.5. The fourth-order valence-electron chi connectivity index (χ4n) is 4.09. The van der Waals surface area contributed by atoms with Gasteiger partial charge in [-0.25, -0.2) is 9.78 Å². The van der Waals surface area contributed by atoms with E-state index in [1.165, 1.54) is 11.8 Å². The normalized spacial score (nSPS) is 24.2. The summed E-state index contributed by atoms with van der Waals surface area (Å²) in [7, 11) is 0. The number of anilines is 2. The first-order valence-electron chi connectivity index (χ1n) is 10.5. The second kappa shape index (κ2) is 8.86. The SMILES string of the molecule is CC(=O)NC[C@H]1CN(c2ccc(N3CCN(C(=O)C4CCCN4)CC3)nc2)C(=O)O1. The number of rotatable bonds is 5. The van der Waals surface area contributed by atoms with E-state index in [1.807, 2.05) is 17.0 Å². The lowest BCUT2D eigenvalue weighted by Crippen LogP contribution is -2.53. The molecule has 30 heavy (non-hydrogen) atoms. The molecule has 4 rings (SSSR count). The molecule has 1 unspecified atom stereocenters. The monoisotopic (exact) mass is 416 g/mol. The molecule has 10 heteroatoms. The van der Waals surface area contributed by atoms with Crippen LogP contribution >= 0.6 is 0 Å². The second-order valence-corrected chi connectivity index (χ2v) is 7.89. The summed E-state index contributed by atoms with van der Waals surface area (Å²) in [5.41, 5.74) is 0.662. The molecule has 3 aliphatic rings. The highest BCUT2D eigenvalue weighted by molar-refractivity contribution is 5.89. The van der Waals surface area contributed by atoms with Gasteiger partial charge < -0.3 is 25.2 Å². The quantitative estimate of drug-likeness (QED) is 0.693. The predicted molar refractivity (Wildman–Crippen MR) is 110 cm³/mol. The van der Waals surface area contributed by atoms with Gasteiger partial charge in [-0.15, -0.1) is 0 Å². The minimum absolute atomic E-state index is 0.0244. The Morgan fingerprint density at radius 3 is 2.70 bits per heavy atom. The van der Waals surface area contributed by atoms with Gasteiger partial charge in [0.15, 0.2) is 0 Å². The molecule has 1 aromatic heterocycles. The molecule has 3 saturated heterocycles. The molecular weight excluding hydrogens is 388 g/mol. The minimum Gasteiger partial charge on any atom is -0.442 e. The summed E-state index contributed by atoms with van der Waals surface area (Å²) in [6, 6.07) is 3.72. The molecular formula is C20H28N6O4. The lowest BCUT2D eigenvalue weighted by Gasteiger charge is -2.36. The summed E-state index contributed by atoms with van der Waals surface area (Å²) in [6.07, 6.45) is 2.84. The molecule has 0 aliphatic carbocycles. The number of nitrogens with one attached hydrogen (secondary N) is 2. The van der Waals surface area contributed by atoms with Crippen molar-refractivity contribution < 1.29 is 19.1 Å². The number of pyridine rings is 1. The zero-order chi connectivity index (χ0) is 21.1. The van der Waals surface area contributed by atoms with Crippen LogP contribution < -0.4 is 20.4 Å². The van der Waals surface area contributed by atoms with Crippen LogP contribution in [0.1, 0.15) is 19.8 Å². The summed E-state index contributed by atoms with van der Waals surface area (Å²) in [5.74, 6) is 0.876. The number of cyclic esters (lactones) is 1. The average molecular weight is 416 g/mol. The molecule has 10 nitrogen and oxygen atoms in total. The van der Waals surface area contributed by atoms with Gasteiger partial charge in [-0.1, -0.05) is 0 Å². The number of piperazine rings is 1. The smallest absolute Gasteiger partial charge is 0.414 e. The summed E-state index contributed by atoms with van der Waals surface area (Å²) >= 11 is 0. The van der Waals surface area contributed by atoms with Crippen molar-refractivity contribution in [1.29, 1.82) is 0 Å². The van der Waals surface area contributed by atoms with E-state index in [0.717, 1.165) is 38.3 Å². The van der Waals surface area contributed by atoms with Crippen molar-refractivity contribution in [1.82, 2.24) is 20.5 Å². The highest BCUT2D eigenvalue weighted by atomic mass is 16.6. The highest BCUT2D eigenvalue weighted by Crippen LogP contribution is 2.23. The predicted octanol–water partition coefficient (Wildman–Crippen LogP) is -0.0565. The van der Waals surface area contributed by atoms with Gasteiger partial charge >= 0.3 is 6.09 Å². The van der Waals surface area contributed by atoms with Gasteiger partial charge in [0.1, 0.15) is 11.9 Å². The van der Waals surface area contributed by atoms with E-state index in [-0.39, 0.29) is 24.0 Å². The Labute approximate surface area is 175 Å². The first-order chi connectivity index (χ1) is 14.5. The number of hydrogen-bond donors (Lipinski definition) is 2. The average Bonchev–Trinajstić information content (AvgIpc) is 3.42. The molecule has 162 valence electrons. The van der Waals surface area contributed by atoms with Crippen LogP contribution in [0.2, 0.25) is 0 Å². The molecule has 2 atom stereocenters. The molecule has 3 amide bonds. The summed E-state index contributed by atoms with van der Waals surface area (Å²) < 4.78 is 5.29. The molecule has 0 bridgehead atoms. The number of nitrogens with zero attached hydrogens (tertiary/aromatic N) is 4. The Bertz CT molecular complexity index is 787. The number of carbonyl (C=O) groups excluding carboxylic acids is 3. The number of ether oxygens (including phenoxy) is 1. The van der Waals surface area contributed by atoms with E-state index in [4.69, 9.17) is 4.74 Å². The van der Waals surface area contributed by atoms with Crippen molar-refractivity contribution in [2.24, 2.45) is 0 Å². The summed E-state index contributed by atoms with van der Waals surface area (Å²) in [6.45, 7) is 5.85. The number of carbonyl (C=O) groups is 3. The third-order valence-corrected chi connectivity index (χ3v) is 5.77. The molecule has 1 aromatic rings. The van der Waals surface area contributed by atoms with E-state index < -0.39 is 6.09 Å². The maximum Gasteiger partial charge on any atom is 0.414 e. The Morgan fingerprint density at radius 1 is 1.27 bits per heavy atom. The first kappa shape index (κ1) is 20.4. The van der Waals surface area contributed by atoms with Gasteiger partial charge in [-0.2, -0.15) is 0 Å². The largest absolute Gasteiger partial charge is 0.442 e. The van der Waals surface area contributed by atoms with Crippen molar-refractivity contribution in [3.63, 3.8) is 0 Å². The molecule has 4 heterocycles. The van der Waals surface area contributed by atoms with Gasteiger partial charge in [0, 0.05) is 33.1 Å². The van der Waals surface area contributed by atoms with E-state index in [0.29, 0.717) is 31.9 Å². The van der Waals surface area contributed by atoms with E-state index in [2.05, 4.69) is 20.5 Å². The van der Waals surface area contributed by atoms with Crippen LogP contribution in [-0.4, -0.2) is 85.8 Å². The van der Waals surface area contributed by atoms with Crippen molar-refractivity contribution >= 4 is 29.4 Å². The molecule has 2 N–H and O–H groups in total. The van der Waals surface area contributed by atoms with Gasteiger partial charge in [0.2, 0.25) is 11.8 Å². The van der Waals surface area contributed by atoms with Gasteiger partial charge in [0.05, 0.1) is 31.0 Å². The molecule has 0 aromatic carbocycles. The second-order valence-electron chi connectivity index (χ2n) is 7.89. The minimum atomic E-state index is -0.437. The molecule has 3 fully saturated rings. The van der Waals surface area contributed by atoms with Gasteiger partial charge in [-0.05, 0) is 31.5 Å². The first-order valence-corrected chi connectivity index (χ1v) is 10.5. The van der Waals surface area contributed by atoms with Crippen LogP contribution in [0.5, 0.6) is 0 Å². The van der Waals surface area contributed by atoms with Gasteiger partial charge in [-0.3, -0.25) is 14.5 Å². The fraction of sp³-hybridized carbons (Fsp3) is 0.600. The zero-order valence-corrected chi connectivity index (χ0v) is 17.2. The third kappa shape index (κ3) is 4.48. The highest BCUT2D eigenvalue weighted by Gasteiger charge is 2.33. The van der Waals surface area contributed by atoms with E-state index in [9.17, 15) is 14.4 Å². The number of amides is 3. The van der Waals surface area contributed by atoms with E-state index in [1.54, 1.807) is 6.20 Å². The van der Waals surface area contributed by atoms with Crippen LogP contribution in [0.3, 0.4) is 0 Å². The molecule has 0 spiro atoms. The fourth-order valence-corrected chi connectivity index (χ4v) is 4.09. The van der Waals surface area contributed by atoms with Crippen molar-refractivity contribution in [2.75, 3.05) is 55.6 Å². The van der Waals surface area contributed by atoms with Crippen LogP contribution in [0.4, 0.5) is 16.3 Å². The number of aromatic nitrogens is 1. The summed E-state index contributed by atoms with van der Waals surface area (Å²) in [4.78, 5) is 45.8. The molecule has 0 saturated carbocycles. The van der Waals surface area contributed by atoms with Crippen molar-refractivity contribution in [3.8, 4) is 0 Å². The lowest BCUT2D eigenvalue weighted by molar-refractivity contribution is -0.133.